The number of carbonyl (C=O) groups excluding carboxylic acids is 1. The van der Waals surface area contributed by atoms with Crippen molar-refractivity contribution in [2.24, 2.45) is 0 Å². The molecule has 0 aliphatic heterocycles. The molecule has 2 aromatic rings. The maximum absolute atomic E-state index is 10.9. The molecule has 1 aromatic carbocycles. The molecule has 0 unspecified atom stereocenters. The second-order valence-electron chi connectivity index (χ2n) is 3.20. The highest BCUT2D eigenvalue weighted by Gasteiger charge is 2.10. The van der Waals surface area contributed by atoms with Gasteiger partial charge in [0.05, 0.1) is 10.2 Å². The Morgan fingerprint density at radius 3 is 2.64 bits per heavy atom. The second kappa shape index (κ2) is 3.33. The molecule has 0 aliphatic rings. The predicted octanol–water partition coefficient (Wildman–Crippen LogP) is 3.29. The summed E-state index contributed by atoms with van der Waals surface area (Å²) >= 11 is 6.70. The molecule has 14 heavy (non-hydrogen) atoms. The van der Waals surface area contributed by atoms with E-state index in [1.54, 1.807) is 0 Å². The van der Waals surface area contributed by atoms with E-state index in [1.165, 1.54) is 22.5 Å². The van der Waals surface area contributed by atoms with Crippen LogP contribution in [0, 0.1) is 13.8 Å². The lowest BCUT2D eigenvalue weighted by atomic mass is 10.1. The minimum atomic E-state index is -0.485. The maximum Gasteiger partial charge on any atom is 0.281 e. The molecule has 72 valence electrons. The van der Waals surface area contributed by atoms with Crippen LogP contribution in [-0.2, 0) is 0 Å². The Balaban J connectivity index is 2.72. The summed E-state index contributed by atoms with van der Waals surface area (Å²) in [5.74, 6) is 0. The van der Waals surface area contributed by atoms with E-state index in [-0.39, 0.29) is 0 Å². The number of aromatic nitrogens is 1. The van der Waals surface area contributed by atoms with Crippen LogP contribution in [0.5, 0.6) is 0 Å². The van der Waals surface area contributed by atoms with Gasteiger partial charge in [-0.05, 0) is 48.7 Å². The Morgan fingerprint density at radius 1 is 1.36 bits per heavy atom. The molecular weight excluding hydrogens is 218 g/mol. The number of carbonyl (C=O) groups is 1. The fraction of sp³-hybridized carbons (Fsp3) is 0.200. The monoisotopic (exact) mass is 225 g/mol. The van der Waals surface area contributed by atoms with Crippen LogP contribution in [0.25, 0.3) is 10.2 Å². The zero-order valence-electron chi connectivity index (χ0n) is 7.80. The standard InChI is InChI=1S/C10H8ClNOS/c1-5-3-7-8(4-6(5)2)14-10(12-7)9(11)13/h3-4H,1-2H3. The molecule has 0 amide bonds. The Morgan fingerprint density at radius 2 is 2.00 bits per heavy atom. The second-order valence-corrected chi connectivity index (χ2v) is 4.57. The zero-order valence-corrected chi connectivity index (χ0v) is 9.37. The van der Waals surface area contributed by atoms with Gasteiger partial charge in [0.1, 0.15) is 0 Å². The quantitative estimate of drug-likeness (QED) is 0.697. The third kappa shape index (κ3) is 1.53. The normalized spacial score (nSPS) is 10.8. The third-order valence-corrected chi connectivity index (χ3v) is 3.48. The molecule has 0 atom stereocenters. The minimum absolute atomic E-state index is 0.367. The van der Waals surface area contributed by atoms with Gasteiger partial charge in [0.15, 0.2) is 5.01 Å². The molecular formula is C10H8ClNOS. The number of nitrogens with zero attached hydrogens (tertiary/aromatic N) is 1. The summed E-state index contributed by atoms with van der Waals surface area (Å²) in [5, 5.41) is -0.117. The number of hydrogen-bond acceptors (Lipinski definition) is 3. The lowest BCUT2D eigenvalue weighted by molar-refractivity contribution is 0.108. The first-order chi connectivity index (χ1) is 6.58. The fourth-order valence-corrected chi connectivity index (χ4v) is 2.30. The van der Waals surface area contributed by atoms with Crippen molar-refractivity contribution in [1.82, 2.24) is 4.98 Å². The summed E-state index contributed by atoms with van der Waals surface area (Å²) in [6.45, 7) is 4.06. The minimum Gasteiger partial charge on any atom is -0.273 e. The molecule has 0 saturated heterocycles. The van der Waals surface area contributed by atoms with Crippen molar-refractivity contribution in [3.05, 3.63) is 28.3 Å². The van der Waals surface area contributed by atoms with E-state index in [0.717, 1.165) is 10.2 Å². The van der Waals surface area contributed by atoms with Crippen LogP contribution in [0.2, 0.25) is 0 Å². The van der Waals surface area contributed by atoms with Gasteiger partial charge in [0, 0.05) is 0 Å². The van der Waals surface area contributed by atoms with Crippen molar-refractivity contribution in [2.45, 2.75) is 13.8 Å². The fourth-order valence-electron chi connectivity index (χ4n) is 1.26. The van der Waals surface area contributed by atoms with E-state index >= 15 is 0 Å². The molecule has 0 radical (unpaired) electrons. The molecule has 0 fully saturated rings. The molecule has 0 saturated carbocycles. The van der Waals surface area contributed by atoms with E-state index in [4.69, 9.17) is 11.6 Å². The van der Waals surface area contributed by atoms with Gasteiger partial charge in [0.25, 0.3) is 5.24 Å². The summed E-state index contributed by atoms with van der Waals surface area (Å²) in [7, 11) is 0. The third-order valence-electron chi connectivity index (χ3n) is 2.17. The molecule has 0 N–H and O–H groups in total. The first kappa shape index (κ1) is 9.62. The van der Waals surface area contributed by atoms with Crippen LogP contribution in [0.15, 0.2) is 12.1 Å². The summed E-state index contributed by atoms with van der Waals surface area (Å²) in [4.78, 5) is 15.0. The molecule has 0 spiro atoms. The summed E-state index contributed by atoms with van der Waals surface area (Å²) < 4.78 is 1.01. The Hall–Kier alpha value is -0.930. The van der Waals surface area contributed by atoms with Crippen molar-refractivity contribution in [2.75, 3.05) is 0 Å². The number of rotatable bonds is 1. The molecule has 2 rings (SSSR count). The first-order valence-corrected chi connectivity index (χ1v) is 5.35. The van der Waals surface area contributed by atoms with E-state index in [2.05, 4.69) is 4.98 Å². The van der Waals surface area contributed by atoms with Crippen LogP contribution in [0.1, 0.15) is 20.9 Å². The van der Waals surface area contributed by atoms with Gasteiger partial charge in [-0.1, -0.05) is 0 Å². The molecule has 2 nitrogen and oxygen atoms in total. The average molecular weight is 226 g/mol. The number of aryl methyl sites for hydroxylation is 2. The van der Waals surface area contributed by atoms with Crippen molar-refractivity contribution in [1.29, 1.82) is 0 Å². The van der Waals surface area contributed by atoms with Gasteiger partial charge in [-0.15, -0.1) is 11.3 Å². The lowest BCUT2D eigenvalue weighted by Gasteiger charge is -1.96. The Bertz CT molecular complexity index is 479. The van der Waals surface area contributed by atoms with Crippen molar-refractivity contribution in [3.63, 3.8) is 0 Å². The van der Waals surface area contributed by atoms with Gasteiger partial charge in [-0.25, -0.2) is 4.98 Å². The van der Waals surface area contributed by atoms with Gasteiger partial charge in [-0.3, -0.25) is 4.79 Å². The number of hydrogen-bond donors (Lipinski definition) is 0. The van der Waals surface area contributed by atoms with Crippen molar-refractivity contribution in [3.8, 4) is 0 Å². The summed E-state index contributed by atoms with van der Waals surface area (Å²) in [5.41, 5.74) is 3.23. The predicted molar refractivity (Wildman–Crippen MR) is 59.3 cm³/mol. The molecule has 0 bridgehead atoms. The molecule has 1 aromatic heterocycles. The smallest absolute Gasteiger partial charge is 0.273 e. The highest BCUT2D eigenvalue weighted by atomic mass is 35.5. The van der Waals surface area contributed by atoms with Gasteiger partial charge < -0.3 is 0 Å². The number of thiazole rings is 1. The SMILES string of the molecule is Cc1cc2nc(C(=O)Cl)sc2cc1C. The van der Waals surface area contributed by atoms with Crippen LogP contribution in [-0.4, -0.2) is 10.2 Å². The van der Waals surface area contributed by atoms with E-state index < -0.39 is 5.24 Å². The topological polar surface area (TPSA) is 30.0 Å². The average Bonchev–Trinajstić information content (AvgIpc) is 2.48. The lowest BCUT2D eigenvalue weighted by Crippen LogP contribution is -1.84. The van der Waals surface area contributed by atoms with Crippen LogP contribution < -0.4 is 0 Å². The van der Waals surface area contributed by atoms with Gasteiger partial charge in [-0.2, -0.15) is 0 Å². The number of benzene rings is 1. The highest BCUT2D eigenvalue weighted by Crippen LogP contribution is 2.25. The molecule has 1 heterocycles. The van der Waals surface area contributed by atoms with Crippen LogP contribution in [0.3, 0.4) is 0 Å². The number of halogens is 1. The van der Waals surface area contributed by atoms with E-state index in [0.29, 0.717) is 5.01 Å². The van der Waals surface area contributed by atoms with Crippen molar-refractivity contribution >= 4 is 38.4 Å². The van der Waals surface area contributed by atoms with Gasteiger partial charge in [0.2, 0.25) is 0 Å². The first-order valence-electron chi connectivity index (χ1n) is 4.15. The summed E-state index contributed by atoms with van der Waals surface area (Å²) in [6.07, 6.45) is 0. The van der Waals surface area contributed by atoms with Gasteiger partial charge >= 0.3 is 0 Å². The molecule has 0 aliphatic carbocycles. The Kier molecular flexibility index (Phi) is 2.29. The Labute approximate surface area is 90.5 Å². The largest absolute Gasteiger partial charge is 0.281 e. The number of fused-ring (bicyclic) bond motifs is 1. The highest BCUT2D eigenvalue weighted by molar-refractivity contribution is 7.21. The van der Waals surface area contributed by atoms with E-state index in [1.807, 2.05) is 26.0 Å². The van der Waals surface area contributed by atoms with Crippen LogP contribution >= 0.6 is 22.9 Å². The summed E-state index contributed by atoms with van der Waals surface area (Å²) in [6, 6.07) is 4.01. The zero-order chi connectivity index (χ0) is 10.3. The maximum atomic E-state index is 10.9. The molecule has 4 heteroatoms. The van der Waals surface area contributed by atoms with Crippen molar-refractivity contribution < 1.29 is 4.79 Å². The van der Waals surface area contributed by atoms with Crippen LogP contribution in [0.4, 0.5) is 0 Å². The van der Waals surface area contributed by atoms with E-state index in [9.17, 15) is 4.79 Å².